The minimum absolute atomic E-state index is 0.404. The lowest BCUT2D eigenvalue weighted by Crippen LogP contribution is -2.26. The largest absolute Gasteiger partial charge is 0.389 e. The highest BCUT2D eigenvalue weighted by atomic mass is 16.3. The Hall–Kier alpha value is -3.30. The van der Waals surface area contributed by atoms with Gasteiger partial charge in [0.25, 0.3) is 0 Å². The van der Waals surface area contributed by atoms with Gasteiger partial charge in [-0.15, -0.1) is 0 Å². The molecule has 1 atom stereocenters. The maximum absolute atomic E-state index is 10.0. The number of anilines is 1. The molecule has 0 aliphatic carbocycles. The molecule has 4 aromatic heterocycles. The summed E-state index contributed by atoms with van der Waals surface area (Å²) in [5, 5.41) is 21.3. The topological polar surface area (TPSA) is 105 Å². The van der Waals surface area contributed by atoms with Crippen molar-refractivity contribution in [3.05, 3.63) is 49.2 Å². The molecule has 0 amide bonds. The van der Waals surface area contributed by atoms with E-state index < -0.39 is 5.60 Å². The summed E-state index contributed by atoms with van der Waals surface area (Å²) in [5.41, 5.74) is 3.32. The van der Waals surface area contributed by atoms with Crippen LogP contribution in [0.25, 0.3) is 28.3 Å². The van der Waals surface area contributed by atoms with Crippen molar-refractivity contribution < 1.29 is 5.11 Å². The van der Waals surface area contributed by atoms with Crippen molar-refractivity contribution >= 4 is 11.5 Å². The van der Waals surface area contributed by atoms with Crippen LogP contribution in [-0.4, -0.2) is 59.0 Å². The third-order valence-electron chi connectivity index (χ3n) is 5.30. The Balaban J connectivity index is 1.46. The molecular weight excluding hydrogens is 392 g/mol. The van der Waals surface area contributed by atoms with Crippen molar-refractivity contribution in [1.29, 1.82) is 0 Å². The molecule has 160 valence electrons. The Morgan fingerprint density at radius 1 is 1.16 bits per heavy atom. The van der Waals surface area contributed by atoms with Crippen molar-refractivity contribution in [1.82, 2.24) is 34.4 Å². The number of hydrogen-bond acceptors (Lipinski definition) is 7. The number of aromatic nitrogens is 6. The van der Waals surface area contributed by atoms with Crippen molar-refractivity contribution in [2.75, 3.05) is 18.4 Å². The first kappa shape index (κ1) is 19.7. The van der Waals surface area contributed by atoms with Crippen molar-refractivity contribution in [3.8, 4) is 22.6 Å². The number of nitrogens with zero attached hydrogens (tertiary/aromatic N) is 6. The number of rotatable bonds is 6. The maximum Gasteiger partial charge on any atom is 0.155 e. The summed E-state index contributed by atoms with van der Waals surface area (Å²) >= 11 is 0. The van der Waals surface area contributed by atoms with E-state index in [0.29, 0.717) is 12.6 Å². The normalized spacial score (nSPS) is 16.8. The first-order valence-corrected chi connectivity index (χ1v) is 10.5. The van der Waals surface area contributed by atoms with Gasteiger partial charge >= 0.3 is 0 Å². The summed E-state index contributed by atoms with van der Waals surface area (Å²) in [6, 6.07) is 6.40. The Labute approximate surface area is 180 Å². The molecule has 9 heteroatoms. The molecule has 3 N–H and O–H groups in total. The smallest absolute Gasteiger partial charge is 0.155 e. The average Bonchev–Trinajstić information content (AvgIpc) is 3.47. The monoisotopic (exact) mass is 418 g/mol. The van der Waals surface area contributed by atoms with Gasteiger partial charge in [0, 0.05) is 30.5 Å². The summed E-state index contributed by atoms with van der Waals surface area (Å²) < 4.78 is 3.73. The number of imidazole rings is 1. The molecule has 0 radical (unpaired) electrons. The summed E-state index contributed by atoms with van der Waals surface area (Å²) in [4.78, 5) is 13.8. The predicted molar refractivity (Wildman–Crippen MR) is 119 cm³/mol. The van der Waals surface area contributed by atoms with Crippen LogP contribution >= 0.6 is 0 Å². The minimum Gasteiger partial charge on any atom is -0.389 e. The second-order valence-electron chi connectivity index (χ2n) is 8.63. The molecule has 5 rings (SSSR count). The van der Waals surface area contributed by atoms with Gasteiger partial charge < -0.3 is 15.7 Å². The highest BCUT2D eigenvalue weighted by Crippen LogP contribution is 2.24. The van der Waals surface area contributed by atoms with Gasteiger partial charge in [-0.2, -0.15) is 5.10 Å². The van der Waals surface area contributed by atoms with Gasteiger partial charge in [0.15, 0.2) is 5.65 Å². The Morgan fingerprint density at radius 3 is 2.87 bits per heavy atom. The van der Waals surface area contributed by atoms with Crippen LogP contribution in [0.5, 0.6) is 0 Å². The van der Waals surface area contributed by atoms with Crippen molar-refractivity contribution in [2.24, 2.45) is 0 Å². The highest BCUT2D eigenvalue weighted by molar-refractivity contribution is 5.64. The Bertz CT molecular complexity index is 1200. The first-order valence-electron chi connectivity index (χ1n) is 10.5. The molecule has 1 aliphatic rings. The third-order valence-corrected chi connectivity index (χ3v) is 5.30. The molecule has 5 heterocycles. The van der Waals surface area contributed by atoms with Crippen LogP contribution in [0, 0.1) is 0 Å². The van der Waals surface area contributed by atoms with Gasteiger partial charge in [-0.05, 0) is 38.9 Å². The van der Waals surface area contributed by atoms with Gasteiger partial charge in [0.05, 0.1) is 47.8 Å². The Morgan fingerprint density at radius 2 is 2.06 bits per heavy atom. The molecule has 0 saturated carbocycles. The Kier molecular flexibility index (Phi) is 4.91. The van der Waals surface area contributed by atoms with E-state index in [1.54, 1.807) is 30.9 Å². The molecule has 0 spiro atoms. The number of aliphatic hydroxyl groups is 1. The summed E-state index contributed by atoms with van der Waals surface area (Å²) in [6.07, 6.45) is 10.3. The molecule has 1 saturated heterocycles. The lowest BCUT2D eigenvalue weighted by Gasteiger charge is -2.16. The quantitative estimate of drug-likeness (QED) is 0.441. The van der Waals surface area contributed by atoms with E-state index in [1.807, 2.05) is 41.2 Å². The third kappa shape index (κ3) is 4.28. The fourth-order valence-electron chi connectivity index (χ4n) is 3.85. The highest BCUT2D eigenvalue weighted by Gasteiger charge is 2.17. The van der Waals surface area contributed by atoms with Crippen LogP contribution in [0.3, 0.4) is 0 Å². The molecule has 1 aliphatic heterocycles. The van der Waals surface area contributed by atoms with Gasteiger partial charge in [-0.3, -0.25) is 14.1 Å². The van der Waals surface area contributed by atoms with Crippen LogP contribution in [0.4, 0.5) is 5.82 Å². The van der Waals surface area contributed by atoms with E-state index in [0.717, 1.165) is 53.6 Å². The molecule has 0 bridgehead atoms. The molecule has 0 aromatic carbocycles. The zero-order chi connectivity index (χ0) is 21.4. The fraction of sp³-hybridized carbons (Fsp3) is 0.364. The zero-order valence-electron chi connectivity index (χ0n) is 17.7. The SMILES string of the molecule is CC(C)(O)Cn1cc(-c2cn3c(-c4cccc(NC5CCNC5)n4)cnc3cn2)cn1. The van der Waals surface area contributed by atoms with Gasteiger partial charge in [-0.25, -0.2) is 9.97 Å². The van der Waals surface area contributed by atoms with Crippen LogP contribution in [0.2, 0.25) is 0 Å². The molecule has 1 unspecified atom stereocenters. The molecule has 31 heavy (non-hydrogen) atoms. The van der Waals surface area contributed by atoms with Gasteiger partial charge in [0.2, 0.25) is 0 Å². The van der Waals surface area contributed by atoms with Crippen LogP contribution in [-0.2, 0) is 6.54 Å². The number of fused-ring (bicyclic) bond motifs is 1. The van der Waals surface area contributed by atoms with Crippen molar-refractivity contribution in [3.63, 3.8) is 0 Å². The van der Waals surface area contributed by atoms with E-state index in [-0.39, 0.29) is 0 Å². The summed E-state index contributed by atoms with van der Waals surface area (Å²) in [6.45, 7) is 5.92. The van der Waals surface area contributed by atoms with E-state index in [4.69, 9.17) is 4.98 Å². The van der Waals surface area contributed by atoms with E-state index in [9.17, 15) is 5.11 Å². The second-order valence-corrected chi connectivity index (χ2v) is 8.63. The minimum atomic E-state index is -0.836. The zero-order valence-corrected chi connectivity index (χ0v) is 17.7. The summed E-state index contributed by atoms with van der Waals surface area (Å²) in [5.74, 6) is 0.864. The molecule has 1 fully saturated rings. The number of hydrogen-bond donors (Lipinski definition) is 3. The molecule has 4 aromatic rings. The van der Waals surface area contributed by atoms with Crippen LogP contribution in [0.1, 0.15) is 20.3 Å². The lowest BCUT2D eigenvalue weighted by atomic mass is 10.1. The van der Waals surface area contributed by atoms with Crippen LogP contribution in [0.15, 0.2) is 49.2 Å². The average molecular weight is 419 g/mol. The predicted octanol–water partition coefficient (Wildman–Crippen LogP) is 2.20. The van der Waals surface area contributed by atoms with Crippen LogP contribution < -0.4 is 10.6 Å². The molecule has 9 nitrogen and oxygen atoms in total. The van der Waals surface area contributed by atoms with Gasteiger partial charge in [0.1, 0.15) is 5.82 Å². The number of nitrogens with one attached hydrogen (secondary N) is 2. The van der Waals surface area contributed by atoms with E-state index in [2.05, 4.69) is 25.7 Å². The fourth-order valence-corrected chi connectivity index (χ4v) is 3.85. The van der Waals surface area contributed by atoms with E-state index >= 15 is 0 Å². The number of pyridine rings is 1. The van der Waals surface area contributed by atoms with Gasteiger partial charge in [-0.1, -0.05) is 6.07 Å². The lowest BCUT2D eigenvalue weighted by molar-refractivity contribution is 0.0577. The second kappa shape index (κ2) is 7.75. The van der Waals surface area contributed by atoms with Crippen molar-refractivity contribution in [2.45, 2.75) is 38.5 Å². The summed E-state index contributed by atoms with van der Waals surface area (Å²) in [7, 11) is 0. The first-order chi connectivity index (χ1) is 14.9. The standard InChI is InChI=1S/C22H26N8O/c1-22(2,31)14-29-12-15(8-26-29)18-13-30-19(10-25-21(30)11-24-18)17-4-3-5-20(28-17)27-16-6-7-23-9-16/h3-5,8,10-13,16,23,31H,6-7,9,14H2,1-2H3,(H,27,28). The van der Waals surface area contributed by atoms with E-state index in [1.165, 1.54) is 0 Å². The maximum atomic E-state index is 10.0. The molecular formula is C22H26N8O.